The van der Waals surface area contributed by atoms with Crippen LogP contribution in [0.15, 0.2) is 59.6 Å². The van der Waals surface area contributed by atoms with E-state index < -0.39 is 0 Å². The molecule has 3 aliphatic heterocycles. The number of halogens is 1. The number of hydrogen-bond acceptors (Lipinski definition) is 8. The van der Waals surface area contributed by atoms with E-state index in [1.165, 1.54) is 5.56 Å². The Morgan fingerprint density at radius 2 is 2.00 bits per heavy atom. The molecule has 3 aromatic rings. The molecule has 9 nitrogen and oxygen atoms in total. The van der Waals surface area contributed by atoms with Gasteiger partial charge >= 0.3 is 0 Å². The molecule has 1 saturated heterocycles. The summed E-state index contributed by atoms with van der Waals surface area (Å²) in [6.45, 7) is 3.92. The van der Waals surface area contributed by atoms with Crippen molar-refractivity contribution < 1.29 is 4.79 Å². The van der Waals surface area contributed by atoms with Gasteiger partial charge in [0, 0.05) is 61.1 Å². The summed E-state index contributed by atoms with van der Waals surface area (Å²) in [4.78, 5) is 33.3. The second kappa shape index (κ2) is 11.6. The zero-order valence-electron chi connectivity index (χ0n) is 22.5. The van der Waals surface area contributed by atoms with E-state index in [2.05, 4.69) is 59.9 Å². The Morgan fingerprint density at radius 1 is 1.12 bits per heavy atom. The first-order chi connectivity index (χ1) is 19.5. The zero-order chi connectivity index (χ0) is 27.5. The Balaban J connectivity index is 1.15. The van der Waals surface area contributed by atoms with Gasteiger partial charge < -0.3 is 20.9 Å². The normalized spacial score (nSPS) is 18.8. The first kappa shape index (κ1) is 26.3. The van der Waals surface area contributed by atoms with Crippen LogP contribution in [0.2, 0.25) is 5.02 Å². The van der Waals surface area contributed by atoms with Gasteiger partial charge in [0.05, 0.1) is 6.20 Å². The van der Waals surface area contributed by atoms with Crippen molar-refractivity contribution in [2.45, 2.75) is 45.4 Å². The molecule has 1 fully saturated rings. The fourth-order valence-corrected chi connectivity index (χ4v) is 5.70. The van der Waals surface area contributed by atoms with Crippen LogP contribution < -0.4 is 20.9 Å². The Kier molecular flexibility index (Phi) is 7.64. The van der Waals surface area contributed by atoms with E-state index in [4.69, 9.17) is 11.6 Å². The SMILES string of the molecule is Cc1ccnc(N2CCC(CC(=O)Nc3ccc4cc3CCC3C=NC=C(C3)Nc3ncc(Cl)c(n3)N4)CC2)c1. The van der Waals surface area contributed by atoms with Gasteiger partial charge in [-0.25, -0.2) is 9.97 Å². The molecule has 5 heterocycles. The molecule has 1 aromatic carbocycles. The highest BCUT2D eigenvalue weighted by atomic mass is 35.5. The molecule has 3 aliphatic rings. The minimum absolute atomic E-state index is 0.0594. The highest BCUT2D eigenvalue weighted by Gasteiger charge is 2.23. The molecular weight excluding hydrogens is 524 g/mol. The van der Waals surface area contributed by atoms with Crippen LogP contribution in [0.4, 0.5) is 29.0 Å². The topological polar surface area (TPSA) is 107 Å². The summed E-state index contributed by atoms with van der Waals surface area (Å²) < 4.78 is 0. The van der Waals surface area contributed by atoms with Crippen molar-refractivity contribution in [3.05, 3.63) is 70.8 Å². The first-order valence-electron chi connectivity index (χ1n) is 13.9. The number of aromatic nitrogens is 3. The van der Waals surface area contributed by atoms with Crippen molar-refractivity contribution in [3.63, 3.8) is 0 Å². The van der Waals surface area contributed by atoms with Crippen LogP contribution in [0.5, 0.6) is 0 Å². The molecule has 206 valence electrons. The van der Waals surface area contributed by atoms with E-state index in [1.54, 1.807) is 6.20 Å². The molecule has 40 heavy (non-hydrogen) atoms. The number of piperidine rings is 1. The number of nitrogens with zero attached hydrogens (tertiary/aromatic N) is 5. The quantitative estimate of drug-likeness (QED) is 0.356. The van der Waals surface area contributed by atoms with Crippen LogP contribution in [0.1, 0.15) is 43.2 Å². The van der Waals surface area contributed by atoms with E-state index in [0.717, 1.165) is 73.6 Å². The van der Waals surface area contributed by atoms with E-state index in [9.17, 15) is 4.79 Å². The first-order valence-corrected chi connectivity index (χ1v) is 14.3. The number of carbonyl (C=O) groups excluding carboxylic acids is 1. The predicted molar refractivity (Wildman–Crippen MR) is 161 cm³/mol. The summed E-state index contributed by atoms with van der Waals surface area (Å²) in [5.41, 5.74) is 4.95. The predicted octanol–water partition coefficient (Wildman–Crippen LogP) is 6.11. The number of aliphatic imine (C=N–C) groups is 1. The monoisotopic (exact) mass is 556 g/mol. The van der Waals surface area contributed by atoms with Crippen LogP contribution in [0, 0.1) is 18.8 Å². The summed E-state index contributed by atoms with van der Waals surface area (Å²) in [6.07, 6.45) is 12.2. The molecule has 1 unspecified atom stereocenters. The number of fused-ring (bicyclic) bond motifs is 6. The molecule has 2 aromatic heterocycles. The minimum atomic E-state index is 0.0594. The van der Waals surface area contributed by atoms with Crippen molar-refractivity contribution in [1.82, 2.24) is 15.0 Å². The Labute approximate surface area is 239 Å². The van der Waals surface area contributed by atoms with Gasteiger partial charge in [-0.05, 0) is 86.4 Å². The lowest BCUT2D eigenvalue weighted by Gasteiger charge is -2.32. The molecule has 0 spiro atoms. The number of carbonyl (C=O) groups is 1. The third-order valence-corrected chi connectivity index (χ3v) is 8.04. The Hall–Kier alpha value is -3.98. The van der Waals surface area contributed by atoms with Gasteiger partial charge in [0.2, 0.25) is 11.9 Å². The highest BCUT2D eigenvalue weighted by Crippen LogP contribution is 2.31. The molecule has 1 atom stereocenters. The smallest absolute Gasteiger partial charge is 0.229 e. The van der Waals surface area contributed by atoms with Gasteiger partial charge in [-0.2, -0.15) is 4.98 Å². The summed E-state index contributed by atoms with van der Waals surface area (Å²) in [6, 6.07) is 10.1. The standard InChI is InChI=1S/C30H33ClN8O/c1-19-6-9-33-27(12-19)39-10-7-20(8-11-39)14-28(40)37-26-5-4-23-15-22(26)3-2-21-13-24(17-32-16-21)36-30-34-18-25(31)29(35-23)38-30/h4-6,9,12,15-18,20-21H,2-3,7-8,10-11,13-14H2,1H3,(H,37,40)(H2,34,35,36,38). The molecule has 10 heteroatoms. The van der Waals surface area contributed by atoms with E-state index >= 15 is 0 Å². The number of nitrogens with one attached hydrogen (secondary N) is 3. The van der Waals surface area contributed by atoms with Crippen molar-refractivity contribution >= 4 is 52.7 Å². The third kappa shape index (κ3) is 6.25. The maximum absolute atomic E-state index is 13.2. The van der Waals surface area contributed by atoms with Gasteiger partial charge in [0.25, 0.3) is 0 Å². The maximum Gasteiger partial charge on any atom is 0.229 e. The van der Waals surface area contributed by atoms with Gasteiger partial charge in [0.1, 0.15) is 10.8 Å². The zero-order valence-corrected chi connectivity index (χ0v) is 23.3. The molecule has 6 rings (SSSR count). The lowest BCUT2D eigenvalue weighted by Crippen LogP contribution is -2.35. The molecule has 1 amide bonds. The lowest BCUT2D eigenvalue weighted by molar-refractivity contribution is -0.117. The summed E-state index contributed by atoms with van der Waals surface area (Å²) in [5.74, 6) is 2.70. The number of pyridine rings is 1. The minimum Gasteiger partial charge on any atom is -0.357 e. The fourth-order valence-electron chi connectivity index (χ4n) is 5.56. The number of hydrogen-bond donors (Lipinski definition) is 3. The van der Waals surface area contributed by atoms with E-state index in [1.807, 2.05) is 36.8 Å². The second-order valence-electron chi connectivity index (χ2n) is 10.8. The Morgan fingerprint density at radius 3 is 2.85 bits per heavy atom. The lowest BCUT2D eigenvalue weighted by atomic mass is 9.92. The summed E-state index contributed by atoms with van der Waals surface area (Å²) >= 11 is 6.40. The van der Waals surface area contributed by atoms with Crippen molar-refractivity contribution in [2.24, 2.45) is 16.8 Å². The Bertz CT molecular complexity index is 1460. The number of allylic oxidation sites excluding steroid dienone is 1. The number of anilines is 5. The van der Waals surface area contributed by atoms with Crippen LogP contribution in [-0.4, -0.2) is 40.2 Å². The van der Waals surface area contributed by atoms with Crippen LogP contribution >= 0.6 is 11.6 Å². The maximum atomic E-state index is 13.2. The average molecular weight is 557 g/mol. The van der Waals surface area contributed by atoms with Crippen LogP contribution in [-0.2, 0) is 11.2 Å². The van der Waals surface area contributed by atoms with E-state index in [-0.39, 0.29) is 11.8 Å². The van der Waals surface area contributed by atoms with Crippen molar-refractivity contribution in [2.75, 3.05) is 33.9 Å². The molecule has 0 aliphatic carbocycles. The van der Waals surface area contributed by atoms with Crippen molar-refractivity contribution in [1.29, 1.82) is 0 Å². The average Bonchev–Trinajstić information content (AvgIpc) is 2.95. The number of aryl methyl sites for hydroxylation is 2. The van der Waals surface area contributed by atoms with Gasteiger partial charge in [0.15, 0.2) is 5.82 Å². The van der Waals surface area contributed by atoms with E-state index in [0.29, 0.717) is 29.1 Å². The fraction of sp³-hybridized carbons (Fsp3) is 0.367. The van der Waals surface area contributed by atoms with Gasteiger partial charge in [-0.1, -0.05) is 11.6 Å². The molecular formula is C30H33ClN8O. The number of rotatable bonds is 4. The third-order valence-electron chi connectivity index (χ3n) is 7.77. The number of amides is 1. The molecule has 3 N–H and O–H groups in total. The second-order valence-corrected chi connectivity index (χ2v) is 11.2. The van der Waals surface area contributed by atoms with Crippen molar-refractivity contribution in [3.8, 4) is 0 Å². The molecule has 0 saturated carbocycles. The summed E-state index contributed by atoms with van der Waals surface area (Å²) in [7, 11) is 0. The highest BCUT2D eigenvalue weighted by molar-refractivity contribution is 6.32. The van der Waals surface area contributed by atoms with Gasteiger partial charge in [-0.15, -0.1) is 0 Å². The molecule has 6 bridgehead atoms. The summed E-state index contributed by atoms with van der Waals surface area (Å²) in [5, 5.41) is 10.2. The number of benzene rings is 1. The largest absolute Gasteiger partial charge is 0.357 e. The molecule has 0 radical (unpaired) electrons. The van der Waals surface area contributed by atoms with Crippen LogP contribution in [0.3, 0.4) is 0 Å². The van der Waals surface area contributed by atoms with Gasteiger partial charge in [-0.3, -0.25) is 9.79 Å². The van der Waals surface area contributed by atoms with Crippen LogP contribution in [0.25, 0.3) is 0 Å².